The highest BCUT2D eigenvalue weighted by Crippen LogP contribution is 2.02. The van der Waals surface area contributed by atoms with Gasteiger partial charge < -0.3 is 15.3 Å². The number of aliphatic carboxylic acids is 1. The summed E-state index contributed by atoms with van der Waals surface area (Å²) < 4.78 is 0. The molecule has 1 saturated heterocycles. The number of piperazine rings is 1. The second-order valence-corrected chi connectivity index (χ2v) is 4.98. The first-order valence-corrected chi connectivity index (χ1v) is 6.43. The van der Waals surface area contributed by atoms with Crippen LogP contribution in [0.4, 0.5) is 0 Å². The van der Waals surface area contributed by atoms with Crippen molar-refractivity contribution in [3.05, 3.63) is 0 Å². The Morgan fingerprint density at radius 2 is 1.72 bits per heavy atom. The largest absolute Gasteiger partial charge is 0.480 e. The zero-order chi connectivity index (χ0) is 13.5. The summed E-state index contributed by atoms with van der Waals surface area (Å²) >= 11 is 0. The molecule has 1 amide bonds. The molecule has 0 atom stereocenters. The minimum atomic E-state index is -0.778. The van der Waals surface area contributed by atoms with Crippen molar-refractivity contribution < 1.29 is 14.7 Å². The van der Waals surface area contributed by atoms with Gasteiger partial charge in [-0.3, -0.25) is 14.5 Å². The number of carboxylic acid groups (broad SMARTS) is 1. The Bertz CT molecular complexity index is 286. The molecular formula is C12H23N3O3. The van der Waals surface area contributed by atoms with Crippen molar-refractivity contribution in [1.82, 2.24) is 15.1 Å². The fraction of sp³-hybridized carbons (Fsp3) is 0.833. The number of carboxylic acids is 1. The third-order valence-corrected chi connectivity index (χ3v) is 2.93. The zero-order valence-electron chi connectivity index (χ0n) is 11.2. The Morgan fingerprint density at radius 3 is 2.22 bits per heavy atom. The number of nitrogens with zero attached hydrogens (tertiary/aromatic N) is 2. The van der Waals surface area contributed by atoms with Crippen LogP contribution in [0, 0.1) is 0 Å². The van der Waals surface area contributed by atoms with Crippen LogP contribution in [0.2, 0.25) is 0 Å². The molecule has 6 nitrogen and oxygen atoms in total. The Kier molecular flexibility index (Phi) is 6.07. The van der Waals surface area contributed by atoms with E-state index >= 15 is 0 Å². The van der Waals surface area contributed by atoms with Gasteiger partial charge in [-0.1, -0.05) is 0 Å². The van der Waals surface area contributed by atoms with E-state index in [-0.39, 0.29) is 18.5 Å². The summed E-state index contributed by atoms with van der Waals surface area (Å²) in [5.74, 6) is -0.697. The van der Waals surface area contributed by atoms with Crippen molar-refractivity contribution in [3.8, 4) is 0 Å². The summed E-state index contributed by atoms with van der Waals surface area (Å²) in [6.07, 6.45) is 0.511. The highest BCUT2D eigenvalue weighted by atomic mass is 16.4. The van der Waals surface area contributed by atoms with Gasteiger partial charge in [-0.2, -0.15) is 0 Å². The summed E-state index contributed by atoms with van der Waals surface area (Å²) in [7, 11) is 0. The van der Waals surface area contributed by atoms with Gasteiger partial charge in [0.15, 0.2) is 0 Å². The fourth-order valence-corrected chi connectivity index (χ4v) is 2.02. The maximum absolute atomic E-state index is 11.5. The van der Waals surface area contributed by atoms with Crippen molar-refractivity contribution in [3.63, 3.8) is 0 Å². The molecule has 104 valence electrons. The molecule has 1 aliphatic rings. The molecule has 1 heterocycles. The van der Waals surface area contributed by atoms with Crippen LogP contribution in [-0.2, 0) is 9.59 Å². The number of nitrogens with one attached hydrogen (secondary N) is 1. The van der Waals surface area contributed by atoms with E-state index in [1.54, 1.807) is 0 Å². The molecule has 1 rings (SSSR count). The first-order valence-electron chi connectivity index (χ1n) is 6.43. The average molecular weight is 257 g/mol. The lowest BCUT2D eigenvalue weighted by Crippen LogP contribution is -2.48. The second kappa shape index (κ2) is 7.33. The highest BCUT2D eigenvalue weighted by Gasteiger charge is 2.18. The summed E-state index contributed by atoms with van der Waals surface area (Å²) in [6, 6.07) is 0.185. The minimum absolute atomic E-state index is 0.0814. The lowest BCUT2D eigenvalue weighted by molar-refractivity contribution is -0.138. The molecule has 0 spiro atoms. The third-order valence-electron chi connectivity index (χ3n) is 2.93. The number of amides is 1. The molecule has 1 aliphatic heterocycles. The molecule has 0 bridgehead atoms. The number of hydrogen-bond donors (Lipinski definition) is 2. The van der Waals surface area contributed by atoms with E-state index in [4.69, 9.17) is 5.11 Å². The number of hydrogen-bond acceptors (Lipinski definition) is 4. The number of rotatable bonds is 6. The van der Waals surface area contributed by atoms with Crippen molar-refractivity contribution >= 4 is 11.9 Å². The van der Waals surface area contributed by atoms with Crippen LogP contribution in [0.1, 0.15) is 20.3 Å². The minimum Gasteiger partial charge on any atom is -0.480 e. The SMILES string of the molecule is CC(C)NC(=O)CCN1CCN(CC(=O)O)CC1. The highest BCUT2D eigenvalue weighted by molar-refractivity contribution is 5.76. The van der Waals surface area contributed by atoms with Crippen molar-refractivity contribution in [1.29, 1.82) is 0 Å². The van der Waals surface area contributed by atoms with Crippen molar-refractivity contribution in [2.45, 2.75) is 26.3 Å². The Labute approximate surface area is 108 Å². The molecule has 0 radical (unpaired) electrons. The number of carbonyl (C=O) groups is 2. The summed E-state index contributed by atoms with van der Waals surface area (Å²) in [5, 5.41) is 11.5. The molecular weight excluding hydrogens is 234 g/mol. The van der Waals surface area contributed by atoms with Crippen molar-refractivity contribution in [2.24, 2.45) is 0 Å². The van der Waals surface area contributed by atoms with Gasteiger partial charge in [-0.05, 0) is 13.8 Å². The maximum atomic E-state index is 11.5. The average Bonchev–Trinajstić information content (AvgIpc) is 2.26. The molecule has 0 aliphatic carbocycles. The first-order chi connectivity index (χ1) is 8.47. The Hall–Kier alpha value is -1.14. The van der Waals surface area contributed by atoms with E-state index in [0.717, 1.165) is 32.7 Å². The van der Waals surface area contributed by atoms with Gasteiger partial charge in [0.05, 0.1) is 6.54 Å². The van der Waals surface area contributed by atoms with Crippen molar-refractivity contribution in [2.75, 3.05) is 39.3 Å². The lowest BCUT2D eigenvalue weighted by atomic mass is 10.2. The van der Waals surface area contributed by atoms with Gasteiger partial charge in [-0.15, -0.1) is 0 Å². The molecule has 6 heteroatoms. The topological polar surface area (TPSA) is 72.9 Å². The standard InChI is InChI=1S/C12H23N3O3/c1-10(2)13-11(16)3-4-14-5-7-15(8-6-14)9-12(17)18/h10H,3-9H2,1-2H3,(H,13,16)(H,17,18). The third kappa shape index (κ3) is 5.97. The Balaban J connectivity index is 2.15. The smallest absolute Gasteiger partial charge is 0.317 e. The van der Waals surface area contributed by atoms with Gasteiger partial charge in [0.1, 0.15) is 0 Å². The van der Waals surface area contributed by atoms with Crippen LogP contribution in [0.3, 0.4) is 0 Å². The predicted octanol–water partition coefficient (Wildman–Crippen LogP) is -0.397. The van der Waals surface area contributed by atoms with E-state index in [0.29, 0.717) is 6.42 Å². The van der Waals surface area contributed by atoms with E-state index in [1.807, 2.05) is 18.7 Å². The molecule has 0 aromatic rings. The van der Waals surface area contributed by atoms with Crippen LogP contribution < -0.4 is 5.32 Å². The summed E-state index contributed by atoms with van der Waals surface area (Å²) in [4.78, 5) is 26.2. The van der Waals surface area contributed by atoms with Gasteiger partial charge in [-0.25, -0.2) is 0 Å². The lowest BCUT2D eigenvalue weighted by Gasteiger charge is -2.33. The molecule has 1 fully saturated rings. The van der Waals surface area contributed by atoms with Crippen LogP contribution in [-0.4, -0.2) is 72.1 Å². The second-order valence-electron chi connectivity index (χ2n) is 4.98. The molecule has 2 N–H and O–H groups in total. The van der Waals surface area contributed by atoms with E-state index < -0.39 is 5.97 Å². The normalized spacial score (nSPS) is 17.9. The zero-order valence-corrected chi connectivity index (χ0v) is 11.2. The van der Waals surface area contributed by atoms with Crippen LogP contribution >= 0.6 is 0 Å². The van der Waals surface area contributed by atoms with Gasteiger partial charge in [0.2, 0.25) is 5.91 Å². The molecule has 18 heavy (non-hydrogen) atoms. The fourth-order valence-electron chi connectivity index (χ4n) is 2.02. The predicted molar refractivity (Wildman–Crippen MR) is 68.4 cm³/mol. The molecule has 0 saturated carbocycles. The van der Waals surface area contributed by atoms with E-state index in [9.17, 15) is 9.59 Å². The van der Waals surface area contributed by atoms with Gasteiger partial charge in [0.25, 0.3) is 0 Å². The molecule has 0 aromatic carbocycles. The Morgan fingerprint density at radius 1 is 1.17 bits per heavy atom. The first kappa shape index (κ1) is 14.9. The monoisotopic (exact) mass is 257 g/mol. The summed E-state index contributed by atoms with van der Waals surface area (Å²) in [5.41, 5.74) is 0. The molecule has 0 unspecified atom stereocenters. The molecule has 0 aromatic heterocycles. The van der Waals surface area contributed by atoms with E-state index in [2.05, 4.69) is 10.2 Å². The van der Waals surface area contributed by atoms with Crippen LogP contribution in [0.15, 0.2) is 0 Å². The number of carbonyl (C=O) groups excluding carboxylic acids is 1. The van der Waals surface area contributed by atoms with Crippen LogP contribution in [0.5, 0.6) is 0 Å². The van der Waals surface area contributed by atoms with Gasteiger partial charge >= 0.3 is 5.97 Å². The maximum Gasteiger partial charge on any atom is 0.317 e. The quantitative estimate of drug-likeness (QED) is 0.677. The van der Waals surface area contributed by atoms with E-state index in [1.165, 1.54) is 0 Å². The van der Waals surface area contributed by atoms with Crippen LogP contribution in [0.25, 0.3) is 0 Å². The summed E-state index contributed by atoms with van der Waals surface area (Å²) in [6.45, 7) is 7.95. The van der Waals surface area contributed by atoms with Gasteiger partial charge in [0, 0.05) is 45.2 Å².